The number of halogens is 5. The number of hydrogen-bond acceptors (Lipinski definition) is 5. The highest BCUT2D eigenvalue weighted by atomic mass is 35.5. The van der Waals surface area contributed by atoms with E-state index in [1.807, 2.05) is 0 Å². The van der Waals surface area contributed by atoms with Crippen LogP contribution in [-0.4, -0.2) is 14.4 Å². The number of fused-ring (bicyclic) bond motifs is 1. The molecular formula is C21H14Cl2F3N3O3S. The van der Waals surface area contributed by atoms with Crippen LogP contribution >= 0.6 is 23.2 Å². The molecule has 0 bridgehead atoms. The number of guanidine groups is 1. The van der Waals surface area contributed by atoms with E-state index < -0.39 is 26.8 Å². The van der Waals surface area contributed by atoms with Gasteiger partial charge in [-0.2, -0.15) is 21.6 Å². The summed E-state index contributed by atoms with van der Waals surface area (Å²) in [5, 5.41) is 5.34. The van der Waals surface area contributed by atoms with Gasteiger partial charge in [-0.25, -0.2) is 0 Å². The summed E-state index contributed by atoms with van der Waals surface area (Å²) >= 11 is 12.0. The standard InChI is InChI=1S/C21H14Cl2F3N3O3S/c22-14-7-1-2-8-15(14)32-16-9-4-10-17-19(16)28-20(29-33(17,30)31)27-11-12-5-3-6-13(18(12)23)21(24,25)26/h1-10H,11H2,(H2,27,28,29). The van der Waals surface area contributed by atoms with E-state index in [4.69, 9.17) is 27.9 Å². The summed E-state index contributed by atoms with van der Waals surface area (Å²) in [5.74, 6) is 0.265. The van der Waals surface area contributed by atoms with Gasteiger partial charge >= 0.3 is 6.18 Å². The monoisotopic (exact) mass is 515 g/mol. The molecule has 1 aliphatic heterocycles. The van der Waals surface area contributed by atoms with E-state index in [0.717, 1.165) is 6.07 Å². The molecule has 3 aromatic carbocycles. The third kappa shape index (κ3) is 4.87. The lowest BCUT2D eigenvalue weighted by Crippen LogP contribution is -2.34. The van der Waals surface area contributed by atoms with Gasteiger partial charge in [0.15, 0.2) is 5.75 Å². The minimum atomic E-state index is -4.62. The Morgan fingerprint density at radius 2 is 1.67 bits per heavy atom. The lowest BCUT2D eigenvalue weighted by Gasteiger charge is -2.22. The molecule has 0 saturated heterocycles. The fraction of sp³-hybridized carbons (Fsp3) is 0.0952. The van der Waals surface area contributed by atoms with Crippen molar-refractivity contribution in [2.24, 2.45) is 4.40 Å². The van der Waals surface area contributed by atoms with Gasteiger partial charge in [0.05, 0.1) is 15.6 Å². The molecule has 172 valence electrons. The van der Waals surface area contributed by atoms with Crippen molar-refractivity contribution in [3.63, 3.8) is 0 Å². The number of alkyl halides is 3. The maximum absolute atomic E-state index is 13.1. The number of rotatable bonds is 4. The lowest BCUT2D eigenvalue weighted by atomic mass is 10.1. The summed E-state index contributed by atoms with van der Waals surface area (Å²) in [6.07, 6.45) is -4.62. The third-order valence-corrected chi connectivity index (χ3v) is 6.69. The van der Waals surface area contributed by atoms with E-state index in [1.165, 1.54) is 30.3 Å². The number of sulfonamides is 1. The quantitative estimate of drug-likeness (QED) is 0.441. The van der Waals surface area contributed by atoms with Crippen LogP contribution in [0, 0.1) is 0 Å². The Bertz CT molecular complexity index is 1360. The molecule has 0 saturated carbocycles. The Morgan fingerprint density at radius 1 is 0.970 bits per heavy atom. The second-order valence-corrected chi connectivity index (χ2v) is 9.19. The Labute approximate surface area is 197 Å². The van der Waals surface area contributed by atoms with Crippen molar-refractivity contribution in [3.05, 3.63) is 81.8 Å². The van der Waals surface area contributed by atoms with Crippen LogP contribution in [-0.2, 0) is 22.7 Å². The van der Waals surface area contributed by atoms with Crippen molar-refractivity contribution in [1.82, 2.24) is 5.32 Å². The van der Waals surface area contributed by atoms with Crippen LogP contribution in [0.15, 0.2) is 70.0 Å². The van der Waals surface area contributed by atoms with Crippen LogP contribution in [0.2, 0.25) is 10.0 Å². The summed E-state index contributed by atoms with van der Waals surface area (Å²) in [6.45, 7) is -0.215. The van der Waals surface area contributed by atoms with Gasteiger partial charge in [0, 0.05) is 6.54 Å². The average Bonchev–Trinajstić information content (AvgIpc) is 2.74. The molecule has 6 nitrogen and oxygen atoms in total. The molecule has 2 N–H and O–H groups in total. The fourth-order valence-corrected chi connectivity index (χ4v) is 4.66. The Kier molecular flexibility index (Phi) is 6.17. The van der Waals surface area contributed by atoms with Gasteiger partial charge in [-0.3, -0.25) is 0 Å². The molecule has 0 aliphatic carbocycles. The lowest BCUT2D eigenvalue weighted by molar-refractivity contribution is -0.137. The first kappa shape index (κ1) is 23.2. The van der Waals surface area contributed by atoms with Crippen molar-refractivity contribution in [2.45, 2.75) is 17.6 Å². The summed E-state index contributed by atoms with van der Waals surface area (Å²) in [4.78, 5) is -0.130. The van der Waals surface area contributed by atoms with Crippen molar-refractivity contribution in [3.8, 4) is 11.5 Å². The molecule has 0 amide bonds. The van der Waals surface area contributed by atoms with Crippen LogP contribution in [0.3, 0.4) is 0 Å². The molecule has 33 heavy (non-hydrogen) atoms. The molecule has 0 unspecified atom stereocenters. The van der Waals surface area contributed by atoms with Crippen LogP contribution < -0.4 is 15.4 Å². The van der Waals surface area contributed by atoms with Crippen molar-refractivity contribution in [2.75, 3.05) is 5.32 Å². The number of para-hydroxylation sites is 2. The first-order chi connectivity index (χ1) is 15.6. The maximum Gasteiger partial charge on any atom is 0.417 e. The molecule has 3 aromatic rings. The van der Waals surface area contributed by atoms with Gasteiger partial charge < -0.3 is 15.4 Å². The molecule has 4 rings (SSSR count). The van der Waals surface area contributed by atoms with Gasteiger partial charge in [0.2, 0.25) is 5.96 Å². The molecule has 0 spiro atoms. The molecule has 1 aliphatic rings. The fourth-order valence-electron chi connectivity index (χ4n) is 3.08. The first-order valence-corrected chi connectivity index (χ1v) is 11.5. The molecule has 0 aromatic heterocycles. The van der Waals surface area contributed by atoms with Crippen molar-refractivity contribution < 1.29 is 26.3 Å². The average molecular weight is 516 g/mol. The van der Waals surface area contributed by atoms with Gasteiger partial charge in [0.1, 0.15) is 16.3 Å². The number of nitrogens with one attached hydrogen (secondary N) is 2. The summed E-state index contributed by atoms with van der Waals surface area (Å²) < 4.78 is 74.1. The smallest absolute Gasteiger partial charge is 0.417 e. The van der Waals surface area contributed by atoms with E-state index in [9.17, 15) is 21.6 Å². The maximum atomic E-state index is 13.1. The minimum absolute atomic E-state index is 0.102. The zero-order valence-corrected chi connectivity index (χ0v) is 18.8. The number of ether oxygens (including phenoxy) is 1. The van der Waals surface area contributed by atoms with Crippen LogP contribution in [0.25, 0.3) is 0 Å². The topological polar surface area (TPSA) is 79.8 Å². The third-order valence-electron chi connectivity index (χ3n) is 4.61. The van der Waals surface area contributed by atoms with Gasteiger partial charge in [-0.1, -0.05) is 53.5 Å². The van der Waals surface area contributed by atoms with E-state index in [1.54, 1.807) is 24.3 Å². The number of hydrogen-bond donors (Lipinski definition) is 2. The zero-order chi connectivity index (χ0) is 23.8. The van der Waals surface area contributed by atoms with Gasteiger partial charge in [-0.05, 0) is 35.9 Å². The van der Waals surface area contributed by atoms with Crippen molar-refractivity contribution >= 4 is 44.9 Å². The van der Waals surface area contributed by atoms with Crippen LogP contribution in [0.4, 0.5) is 18.9 Å². The largest absolute Gasteiger partial charge is 0.454 e. The predicted molar refractivity (Wildman–Crippen MR) is 120 cm³/mol. The summed E-state index contributed by atoms with van der Waals surface area (Å²) in [5.41, 5.74) is -0.778. The zero-order valence-electron chi connectivity index (χ0n) is 16.5. The predicted octanol–water partition coefficient (Wildman–Crippen LogP) is 6.06. The Hall–Kier alpha value is -2.95. The Balaban J connectivity index is 1.62. The van der Waals surface area contributed by atoms with Crippen molar-refractivity contribution in [1.29, 1.82) is 0 Å². The molecular weight excluding hydrogens is 502 g/mol. The summed E-state index contributed by atoms with van der Waals surface area (Å²) in [6, 6.07) is 14.5. The number of benzene rings is 3. The van der Waals surface area contributed by atoms with Gasteiger partial charge in [-0.15, -0.1) is 4.40 Å². The second-order valence-electron chi connectivity index (χ2n) is 6.83. The highest BCUT2D eigenvalue weighted by Crippen LogP contribution is 2.40. The normalized spacial score (nSPS) is 14.6. The summed E-state index contributed by atoms with van der Waals surface area (Å²) in [7, 11) is -4.13. The van der Waals surface area contributed by atoms with E-state index in [2.05, 4.69) is 15.0 Å². The van der Waals surface area contributed by atoms with E-state index >= 15 is 0 Å². The molecule has 0 atom stereocenters. The number of anilines is 1. The second kappa shape index (κ2) is 8.77. The minimum Gasteiger partial charge on any atom is -0.454 e. The Morgan fingerprint density at radius 3 is 2.39 bits per heavy atom. The first-order valence-electron chi connectivity index (χ1n) is 9.32. The SMILES string of the molecule is O=S1(=O)N=C(NCc2cccc(C(F)(F)F)c2Cl)Nc2c(Oc3ccccc3Cl)cccc21. The van der Waals surface area contributed by atoms with E-state index in [0.29, 0.717) is 10.8 Å². The van der Waals surface area contributed by atoms with E-state index in [-0.39, 0.29) is 34.4 Å². The highest BCUT2D eigenvalue weighted by Gasteiger charge is 2.34. The van der Waals surface area contributed by atoms with Crippen LogP contribution in [0.1, 0.15) is 11.1 Å². The number of nitrogens with zero attached hydrogens (tertiary/aromatic N) is 1. The molecule has 1 heterocycles. The van der Waals surface area contributed by atoms with Gasteiger partial charge in [0.25, 0.3) is 10.0 Å². The highest BCUT2D eigenvalue weighted by molar-refractivity contribution is 7.90. The molecule has 0 fully saturated rings. The van der Waals surface area contributed by atoms with Crippen LogP contribution in [0.5, 0.6) is 11.5 Å². The molecule has 0 radical (unpaired) electrons. The molecule has 12 heteroatoms.